The maximum absolute atomic E-state index is 9.25. The second kappa shape index (κ2) is 18.0. The lowest BCUT2D eigenvalue weighted by Gasteiger charge is -1.80. The zero-order valence-electron chi connectivity index (χ0n) is 8.91. The Balaban J connectivity index is -0.000000131. The van der Waals surface area contributed by atoms with Crippen LogP contribution < -0.4 is 0 Å². The average molecular weight is 222 g/mol. The molecule has 84 valence electrons. The Bertz CT molecular complexity index is 151. The molecule has 0 aromatic heterocycles. The van der Waals surface area contributed by atoms with Crippen molar-refractivity contribution in [3.8, 4) is 0 Å². The fourth-order valence-corrected chi connectivity index (χ4v) is 0.750. The van der Waals surface area contributed by atoms with Crippen LogP contribution in [0.2, 0.25) is 0 Å². The Labute approximate surface area is 86.8 Å². The van der Waals surface area contributed by atoms with E-state index < -0.39 is 11.9 Å². The van der Waals surface area contributed by atoms with Crippen molar-refractivity contribution in [1.29, 1.82) is 0 Å². The number of carbonyl (C=O) groups is 2. The molecule has 0 fully saturated rings. The SMILES string of the molecule is C=CC(=O)O.CC(=O)O.CCPCC. The van der Waals surface area contributed by atoms with Crippen molar-refractivity contribution in [2.24, 2.45) is 0 Å². The van der Waals surface area contributed by atoms with Gasteiger partial charge in [0.15, 0.2) is 0 Å². The number of rotatable bonds is 3. The summed E-state index contributed by atoms with van der Waals surface area (Å²) in [7, 11) is 1.20. The van der Waals surface area contributed by atoms with Crippen molar-refractivity contribution in [2.75, 3.05) is 12.3 Å². The summed E-state index contributed by atoms with van der Waals surface area (Å²) in [5.41, 5.74) is 0. The summed E-state index contributed by atoms with van der Waals surface area (Å²) in [4.78, 5) is 18.2. The molecule has 4 nitrogen and oxygen atoms in total. The third-order valence-electron chi connectivity index (χ3n) is 0.675. The predicted molar refractivity (Wildman–Crippen MR) is 60.5 cm³/mol. The van der Waals surface area contributed by atoms with Crippen molar-refractivity contribution in [2.45, 2.75) is 20.8 Å². The van der Waals surface area contributed by atoms with Gasteiger partial charge in [0.1, 0.15) is 0 Å². The molecule has 0 radical (unpaired) electrons. The van der Waals surface area contributed by atoms with Gasteiger partial charge in [-0.2, -0.15) is 0 Å². The molecule has 0 unspecified atom stereocenters. The molecule has 5 heteroatoms. The zero-order chi connectivity index (χ0) is 12.0. The summed E-state index contributed by atoms with van der Waals surface area (Å²) in [6.45, 7) is 8.49. The van der Waals surface area contributed by atoms with Crippen LogP contribution in [0.5, 0.6) is 0 Å². The van der Waals surface area contributed by atoms with Gasteiger partial charge in [-0.05, 0) is 12.3 Å². The van der Waals surface area contributed by atoms with Gasteiger partial charge in [0.25, 0.3) is 5.97 Å². The zero-order valence-corrected chi connectivity index (χ0v) is 9.91. The summed E-state index contributed by atoms with van der Waals surface area (Å²) in [6, 6.07) is 0. The molecule has 0 rings (SSSR count). The first-order valence-corrected chi connectivity index (χ1v) is 5.59. The smallest absolute Gasteiger partial charge is 0.327 e. The fourth-order valence-electron chi connectivity index (χ4n) is 0.250. The molecule has 14 heavy (non-hydrogen) atoms. The maximum Gasteiger partial charge on any atom is 0.327 e. The Morgan fingerprint density at radius 1 is 1.29 bits per heavy atom. The minimum absolute atomic E-state index is 0.833. The molecule has 0 bridgehead atoms. The molecular weight excluding hydrogens is 203 g/mol. The highest BCUT2D eigenvalue weighted by molar-refractivity contribution is 7.37. The lowest BCUT2D eigenvalue weighted by Crippen LogP contribution is -1.82. The van der Waals surface area contributed by atoms with E-state index in [1.165, 1.54) is 20.9 Å². The molecule has 0 heterocycles. The van der Waals surface area contributed by atoms with E-state index >= 15 is 0 Å². The molecule has 0 saturated carbocycles. The number of carboxylic acids is 2. The standard InChI is InChI=1S/C4H11P.C3H4O2.C2H4O2/c1-3-5-4-2;1-2-3(4)5;1-2(3)4/h5H,3-4H2,1-2H3;2H,1H2,(H,4,5);1H3,(H,3,4). The normalized spacial score (nSPS) is 7.07. The van der Waals surface area contributed by atoms with Crippen molar-refractivity contribution in [3.63, 3.8) is 0 Å². The Hall–Kier alpha value is -0.890. The van der Waals surface area contributed by atoms with E-state index in [1.54, 1.807) is 0 Å². The summed E-state index contributed by atoms with van der Waals surface area (Å²) in [5, 5.41) is 15.0. The van der Waals surface area contributed by atoms with E-state index in [0.717, 1.165) is 13.0 Å². The van der Waals surface area contributed by atoms with Gasteiger partial charge in [-0.15, -0.1) is 8.58 Å². The fraction of sp³-hybridized carbons (Fsp3) is 0.556. The molecule has 2 N–H and O–H groups in total. The third kappa shape index (κ3) is 117. The van der Waals surface area contributed by atoms with Crippen molar-refractivity contribution in [1.82, 2.24) is 0 Å². The lowest BCUT2D eigenvalue weighted by molar-refractivity contribution is -0.134. The number of aliphatic carboxylic acids is 2. The molecule has 0 aliphatic rings. The van der Waals surface area contributed by atoms with Gasteiger partial charge < -0.3 is 10.2 Å². The second-order valence-corrected chi connectivity index (χ2v) is 3.93. The second-order valence-electron chi connectivity index (χ2n) is 2.02. The quantitative estimate of drug-likeness (QED) is 0.566. The van der Waals surface area contributed by atoms with E-state index in [9.17, 15) is 4.79 Å². The highest BCUT2D eigenvalue weighted by atomic mass is 31.1. The summed E-state index contributed by atoms with van der Waals surface area (Å²) in [6.07, 6.45) is 3.58. The van der Waals surface area contributed by atoms with E-state index in [4.69, 9.17) is 15.0 Å². The van der Waals surface area contributed by atoms with E-state index in [1.807, 2.05) is 0 Å². The van der Waals surface area contributed by atoms with Gasteiger partial charge in [0, 0.05) is 13.0 Å². The van der Waals surface area contributed by atoms with Crippen LogP contribution in [0.3, 0.4) is 0 Å². The first-order chi connectivity index (χ1) is 6.42. The molecular formula is C9H19O4P. The molecule has 0 aromatic carbocycles. The molecule has 0 atom stereocenters. The van der Waals surface area contributed by atoms with Gasteiger partial charge in [0.05, 0.1) is 0 Å². The van der Waals surface area contributed by atoms with Gasteiger partial charge in [0.2, 0.25) is 0 Å². The Morgan fingerprint density at radius 2 is 1.50 bits per heavy atom. The number of hydrogen-bond acceptors (Lipinski definition) is 2. The highest BCUT2D eigenvalue weighted by Gasteiger charge is 1.73. The largest absolute Gasteiger partial charge is 0.481 e. The van der Waals surface area contributed by atoms with Crippen molar-refractivity contribution in [3.05, 3.63) is 12.7 Å². The Morgan fingerprint density at radius 3 is 1.50 bits per heavy atom. The minimum atomic E-state index is -0.981. The van der Waals surface area contributed by atoms with Gasteiger partial charge >= 0.3 is 5.97 Å². The summed E-state index contributed by atoms with van der Waals surface area (Å²) >= 11 is 0. The van der Waals surface area contributed by atoms with E-state index in [-0.39, 0.29) is 0 Å². The summed E-state index contributed by atoms with van der Waals surface area (Å²) < 4.78 is 0. The molecule has 0 spiro atoms. The van der Waals surface area contributed by atoms with Crippen LogP contribution in [0, 0.1) is 0 Å². The highest BCUT2D eigenvalue weighted by Crippen LogP contribution is 2.03. The van der Waals surface area contributed by atoms with Crippen LogP contribution in [-0.2, 0) is 9.59 Å². The van der Waals surface area contributed by atoms with Gasteiger partial charge in [-0.3, -0.25) is 4.79 Å². The number of hydrogen-bond donors (Lipinski definition) is 2. The average Bonchev–Trinajstić information content (AvgIpc) is 2.06. The van der Waals surface area contributed by atoms with Crippen molar-refractivity contribution < 1.29 is 19.8 Å². The predicted octanol–water partition coefficient (Wildman–Crippen LogP) is 2.05. The number of carboxylic acid groups (broad SMARTS) is 2. The van der Waals surface area contributed by atoms with Gasteiger partial charge in [-0.25, -0.2) is 4.79 Å². The van der Waals surface area contributed by atoms with Crippen molar-refractivity contribution >= 4 is 20.5 Å². The van der Waals surface area contributed by atoms with Gasteiger partial charge in [-0.1, -0.05) is 20.4 Å². The topological polar surface area (TPSA) is 74.6 Å². The van der Waals surface area contributed by atoms with Crippen LogP contribution in [0.4, 0.5) is 0 Å². The molecule has 0 saturated heterocycles. The van der Waals surface area contributed by atoms with Crippen LogP contribution in [0.15, 0.2) is 12.7 Å². The van der Waals surface area contributed by atoms with Crippen LogP contribution >= 0.6 is 8.58 Å². The first-order valence-electron chi connectivity index (χ1n) is 4.17. The molecule has 0 aliphatic heterocycles. The monoisotopic (exact) mass is 222 g/mol. The maximum atomic E-state index is 9.25. The van der Waals surface area contributed by atoms with Crippen LogP contribution in [0.1, 0.15) is 20.8 Å². The minimum Gasteiger partial charge on any atom is -0.481 e. The Kier molecular flexibility index (Phi) is 24.2. The third-order valence-corrected chi connectivity index (χ3v) is 1.67. The molecule has 0 aliphatic carbocycles. The van der Waals surface area contributed by atoms with E-state index in [2.05, 4.69) is 20.4 Å². The lowest BCUT2D eigenvalue weighted by atomic mass is 10.7. The first kappa shape index (κ1) is 18.8. The summed E-state index contributed by atoms with van der Waals surface area (Å²) in [5.74, 6) is -1.81. The van der Waals surface area contributed by atoms with E-state index in [0.29, 0.717) is 0 Å². The van der Waals surface area contributed by atoms with Crippen LogP contribution in [-0.4, -0.2) is 34.5 Å². The van der Waals surface area contributed by atoms with Crippen LogP contribution in [0.25, 0.3) is 0 Å². The molecule has 0 amide bonds. The molecule has 0 aromatic rings.